The van der Waals surface area contributed by atoms with Gasteiger partial charge in [-0.25, -0.2) is 0 Å². The van der Waals surface area contributed by atoms with Gasteiger partial charge in [0.1, 0.15) is 0 Å². The Morgan fingerprint density at radius 3 is 2.36 bits per heavy atom. The lowest BCUT2D eigenvalue weighted by Crippen LogP contribution is -1.93. The fourth-order valence-electron chi connectivity index (χ4n) is 1.02. The molecular formula is C8H10N4O2. The zero-order chi connectivity index (χ0) is 10.6. The summed E-state index contributed by atoms with van der Waals surface area (Å²) in [7, 11) is 3.00. The molecule has 6 nitrogen and oxygen atoms in total. The molecule has 0 bridgehead atoms. The van der Waals surface area contributed by atoms with Gasteiger partial charge in [-0.1, -0.05) is 5.11 Å². The van der Waals surface area contributed by atoms with Gasteiger partial charge in [-0.2, -0.15) is 0 Å². The van der Waals surface area contributed by atoms with Crippen LogP contribution in [0.4, 0.5) is 11.4 Å². The van der Waals surface area contributed by atoms with Crippen LogP contribution in [-0.2, 0) is 0 Å². The number of nitrogens with zero attached hydrogens (tertiary/aromatic N) is 3. The molecule has 1 rings (SSSR count). The third-order valence-corrected chi connectivity index (χ3v) is 1.69. The van der Waals surface area contributed by atoms with Crippen molar-refractivity contribution in [2.24, 2.45) is 5.11 Å². The molecule has 0 heterocycles. The number of methoxy groups -OCH3 is 2. The van der Waals surface area contributed by atoms with Crippen LogP contribution in [0.1, 0.15) is 0 Å². The lowest BCUT2D eigenvalue weighted by Gasteiger charge is -2.09. The van der Waals surface area contributed by atoms with Gasteiger partial charge in [0, 0.05) is 16.7 Å². The van der Waals surface area contributed by atoms with Gasteiger partial charge in [0.2, 0.25) is 0 Å². The zero-order valence-corrected chi connectivity index (χ0v) is 7.89. The largest absolute Gasteiger partial charge is 0.493 e. The van der Waals surface area contributed by atoms with Gasteiger partial charge in [0.15, 0.2) is 11.5 Å². The first-order chi connectivity index (χ1) is 6.72. The van der Waals surface area contributed by atoms with Crippen LogP contribution in [0.15, 0.2) is 17.2 Å². The van der Waals surface area contributed by atoms with Gasteiger partial charge in [-0.3, -0.25) is 0 Å². The van der Waals surface area contributed by atoms with E-state index >= 15 is 0 Å². The van der Waals surface area contributed by atoms with E-state index in [2.05, 4.69) is 10.0 Å². The van der Waals surface area contributed by atoms with Crippen molar-refractivity contribution in [1.29, 1.82) is 0 Å². The first-order valence-electron chi connectivity index (χ1n) is 3.79. The molecule has 0 aromatic heterocycles. The lowest BCUT2D eigenvalue weighted by atomic mass is 10.2. The van der Waals surface area contributed by atoms with Crippen molar-refractivity contribution in [2.45, 2.75) is 0 Å². The molecule has 0 amide bonds. The number of anilines is 1. The zero-order valence-electron chi connectivity index (χ0n) is 7.89. The third kappa shape index (κ3) is 1.81. The number of azide groups is 1. The molecule has 0 aliphatic rings. The Labute approximate surface area is 80.9 Å². The summed E-state index contributed by atoms with van der Waals surface area (Å²) in [6.45, 7) is 0. The molecule has 6 heteroatoms. The highest BCUT2D eigenvalue weighted by atomic mass is 16.5. The van der Waals surface area contributed by atoms with Gasteiger partial charge >= 0.3 is 0 Å². The van der Waals surface area contributed by atoms with Crippen LogP contribution < -0.4 is 15.2 Å². The standard InChI is InChI=1S/C8H10N4O2/c1-13-7-3-5(9)6(11-12-10)4-8(7)14-2/h3-4H,9H2,1-2H3. The highest BCUT2D eigenvalue weighted by molar-refractivity contribution is 5.69. The van der Waals surface area contributed by atoms with E-state index in [9.17, 15) is 0 Å². The van der Waals surface area contributed by atoms with Crippen molar-refractivity contribution >= 4 is 11.4 Å². The molecule has 14 heavy (non-hydrogen) atoms. The molecule has 0 atom stereocenters. The number of nitrogen functional groups attached to an aromatic ring is 1. The molecule has 0 unspecified atom stereocenters. The molecule has 2 N–H and O–H groups in total. The minimum atomic E-state index is 0.324. The van der Waals surface area contributed by atoms with E-state index in [0.29, 0.717) is 22.9 Å². The molecular weight excluding hydrogens is 184 g/mol. The number of hydrogen-bond acceptors (Lipinski definition) is 4. The second kappa shape index (κ2) is 4.25. The van der Waals surface area contributed by atoms with Crippen LogP contribution in [0.25, 0.3) is 10.4 Å². The van der Waals surface area contributed by atoms with Crippen LogP contribution in [0.2, 0.25) is 0 Å². The predicted octanol–water partition coefficient (Wildman–Crippen LogP) is 2.23. The summed E-state index contributed by atoms with van der Waals surface area (Å²) in [5, 5.41) is 3.41. The van der Waals surface area contributed by atoms with E-state index < -0.39 is 0 Å². The second-order valence-corrected chi connectivity index (χ2v) is 2.46. The fourth-order valence-corrected chi connectivity index (χ4v) is 1.02. The minimum absolute atomic E-state index is 0.324. The Morgan fingerprint density at radius 2 is 1.86 bits per heavy atom. The number of hydrogen-bond donors (Lipinski definition) is 1. The molecule has 0 saturated heterocycles. The van der Waals surface area contributed by atoms with E-state index in [0.717, 1.165) is 0 Å². The molecule has 1 aromatic carbocycles. The molecule has 0 fully saturated rings. The molecule has 0 aliphatic carbocycles. The summed E-state index contributed by atoms with van der Waals surface area (Å²) in [5.74, 6) is 0.978. The van der Waals surface area contributed by atoms with Gasteiger partial charge in [-0.05, 0) is 11.6 Å². The fraction of sp³-hybridized carbons (Fsp3) is 0.250. The normalized spacial score (nSPS) is 9.00. The van der Waals surface area contributed by atoms with Gasteiger partial charge < -0.3 is 15.2 Å². The lowest BCUT2D eigenvalue weighted by molar-refractivity contribution is 0.355. The van der Waals surface area contributed by atoms with Gasteiger partial charge in [-0.15, -0.1) is 0 Å². The van der Waals surface area contributed by atoms with Crippen LogP contribution in [0, 0.1) is 0 Å². The summed E-state index contributed by atoms with van der Waals surface area (Å²) in [6.07, 6.45) is 0. The quantitative estimate of drug-likeness (QED) is 0.346. The first kappa shape index (κ1) is 10.0. The van der Waals surface area contributed by atoms with Gasteiger partial charge in [0.25, 0.3) is 0 Å². The smallest absolute Gasteiger partial charge is 0.162 e. The highest BCUT2D eigenvalue weighted by Crippen LogP contribution is 2.36. The van der Waals surface area contributed by atoms with E-state index in [-0.39, 0.29) is 0 Å². The molecule has 0 radical (unpaired) electrons. The average Bonchev–Trinajstić information content (AvgIpc) is 2.20. The van der Waals surface area contributed by atoms with Gasteiger partial charge in [0.05, 0.1) is 19.9 Å². The Kier molecular flexibility index (Phi) is 3.04. The Morgan fingerprint density at radius 1 is 1.29 bits per heavy atom. The van der Waals surface area contributed by atoms with Crippen LogP contribution in [-0.4, -0.2) is 14.2 Å². The summed E-state index contributed by atoms with van der Waals surface area (Å²) in [5.41, 5.74) is 14.5. The topological polar surface area (TPSA) is 93.2 Å². The van der Waals surface area contributed by atoms with E-state index in [1.54, 1.807) is 6.07 Å². The molecule has 0 spiro atoms. The Hall–Kier alpha value is -2.07. The van der Waals surface area contributed by atoms with Crippen LogP contribution in [0.5, 0.6) is 11.5 Å². The van der Waals surface area contributed by atoms with E-state index in [1.807, 2.05) is 0 Å². The minimum Gasteiger partial charge on any atom is -0.493 e. The van der Waals surface area contributed by atoms with E-state index in [4.69, 9.17) is 20.7 Å². The summed E-state index contributed by atoms with van der Waals surface area (Å²) < 4.78 is 10.0. The number of rotatable bonds is 3. The summed E-state index contributed by atoms with van der Waals surface area (Å²) in [6, 6.07) is 3.07. The van der Waals surface area contributed by atoms with Crippen molar-refractivity contribution in [2.75, 3.05) is 20.0 Å². The Balaban J connectivity index is 3.29. The SMILES string of the molecule is COc1cc(N)c(N=[N+]=[N-])cc1OC. The predicted molar refractivity (Wildman–Crippen MR) is 52.8 cm³/mol. The Bertz CT molecular complexity index is 385. The molecule has 1 aromatic rings. The van der Waals surface area contributed by atoms with Crippen LogP contribution >= 0.6 is 0 Å². The monoisotopic (exact) mass is 194 g/mol. The maximum Gasteiger partial charge on any atom is 0.162 e. The van der Waals surface area contributed by atoms with Crippen molar-refractivity contribution in [3.63, 3.8) is 0 Å². The van der Waals surface area contributed by atoms with Crippen molar-refractivity contribution in [3.8, 4) is 11.5 Å². The second-order valence-electron chi connectivity index (χ2n) is 2.46. The number of ether oxygens (including phenoxy) is 2. The third-order valence-electron chi connectivity index (χ3n) is 1.69. The molecule has 74 valence electrons. The maximum absolute atomic E-state index is 8.26. The van der Waals surface area contributed by atoms with Crippen LogP contribution in [0.3, 0.4) is 0 Å². The number of nitrogens with two attached hydrogens (primary N) is 1. The summed E-state index contributed by atoms with van der Waals surface area (Å²) in [4.78, 5) is 2.65. The maximum atomic E-state index is 8.26. The van der Waals surface area contributed by atoms with Crippen molar-refractivity contribution in [1.82, 2.24) is 0 Å². The number of benzene rings is 1. The molecule has 0 aliphatic heterocycles. The average molecular weight is 194 g/mol. The summed E-state index contributed by atoms with van der Waals surface area (Å²) >= 11 is 0. The first-order valence-corrected chi connectivity index (χ1v) is 3.79. The van der Waals surface area contributed by atoms with Crippen molar-refractivity contribution in [3.05, 3.63) is 22.6 Å². The molecule has 0 saturated carbocycles. The van der Waals surface area contributed by atoms with E-state index in [1.165, 1.54) is 20.3 Å². The highest BCUT2D eigenvalue weighted by Gasteiger charge is 2.07. The van der Waals surface area contributed by atoms with Crippen molar-refractivity contribution < 1.29 is 9.47 Å².